The first-order valence-electron chi connectivity index (χ1n) is 6.64. The number of aliphatic carboxylic acids is 1. The second kappa shape index (κ2) is 7.72. The Hall–Kier alpha value is -1.79. The normalized spacial score (nSPS) is 12.4. The van der Waals surface area contributed by atoms with Crippen LogP contribution in [0, 0.1) is 0 Å². The Kier molecular flexibility index (Phi) is 7.02. The van der Waals surface area contributed by atoms with Gasteiger partial charge in [0.25, 0.3) is 0 Å². The van der Waals surface area contributed by atoms with E-state index in [1.165, 1.54) is 4.90 Å². The van der Waals surface area contributed by atoms with Gasteiger partial charge in [0.05, 0.1) is 6.54 Å². The van der Waals surface area contributed by atoms with Gasteiger partial charge in [-0.2, -0.15) is 0 Å². The molecule has 0 radical (unpaired) electrons. The van der Waals surface area contributed by atoms with Gasteiger partial charge >= 0.3 is 12.0 Å². The molecule has 0 saturated heterocycles. The van der Waals surface area contributed by atoms with E-state index in [9.17, 15) is 14.4 Å². The van der Waals surface area contributed by atoms with Gasteiger partial charge in [0.2, 0.25) is 5.91 Å². The number of amides is 3. The van der Waals surface area contributed by atoms with E-state index in [1.54, 1.807) is 6.92 Å². The Morgan fingerprint density at radius 2 is 1.80 bits per heavy atom. The highest BCUT2D eigenvalue weighted by atomic mass is 16.4. The summed E-state index contributed by atoms with van der Waals surface area (Å²) in [5, 5.41) is 14.0. The van der Waals surface area contributed by atoms with Crippen molar-refractivity contribution in [3.8, 4) is 0 Å². The molecule has 7 heteroatoms. The fourth-order valence-corrected chi connectivity index (χ4v) is 1.51. The Morgan fingerprint density at radius 3 is 2.20 bits per heavy atom. The largest absolute Gasteiger partial charge is 0.480 e. The molecule has 0 aliphatic rings. The average Bonchev–Trinajstić information content (AvgIpc) is 2.29. The third kappa shape index (κ3) is 7.60. The number of nitrogens with one attached hydrogen (secondary N) is 2. The molecular weight excluding hydrogens is 262 g/mol. The predicted octanol–water partition coefficient (Wildman–Crippen LogP) is 0.796. The number of hydrogen-bond acceptors (Lipinski definition) is 3. The lowest BCUT2D eigenvalue weighted by Crippen LogP contribution is -2.51. The highest BCUT2D eigenvalue weighted by Gasteiger charge is 2.22. The minimum Gasteiger partial charge on any atom is -0.480 e. The van der Waals surface area contributed by atoms with E-state index < -0.39 is 12.0 Å². The first-order chi connectivity index (χ1) is 9.06. The number of nitrogens with zero attached hydrogens (tertiary/aromatic N) is 1. The zero-order chi connectivity index (χ0) is 15.9. The lowest BCUT2D eigenvalue weighted by atomic mass is 10.1. The second-order valence-corrected chi connectivity index (χ2v) is 5.74. The lowest BCUT2D eigenvalue weighted by Gasteiger charge is -2.27. The van der Waals surface area contributed by atoms with Gasteiger partial charge in [-0.05, 0) is 34.1 Å². The maximum Gasteiger partial charge on any atom is 0.323 e. The van der Waals surface area contributed by atoms with Gasteiger partial charge in [0.1, 0.15) is 6.54 Å². The van der Waals surface area contributed by atoms with Crippen molar-refractivity contribution >= 4 is 17.9 Å². The van der Waals surface area contributed by atoms with Gasteiger partial charge in [-0.3, -0.25) is 9.59 Å². The van der Waals surface area contributed by atoms with Gasteiger partial charge < -0.3 is 20.6 Å². The Labute approximate surface area is 119 Å². The van der Waals surface area contributed by atoms with Crippen LogP contribution in [0.5, 0.6) is 0 Å². The summed E-state index contributed by atoms with van der Waals surface area (Å²) in [6.45, 7) is 8.56. The molecule has 0 heterocycles. The molecule has 0 aromatic carbocycles. The molecule has 0 aromatic heterocycles. The van der Waals surface area contributed by atoms with Gasteiger partial charge in [-0.15, -0.1) is 0 Å². The summed E-state index contributed by atoms with van der Waals surface area (Å²) in [5.74, 6) is -1.40. The number of carbonyl (C=O) groups is 3. The molecule has 0 bridgehead atoms. The third-order valence-electron chi connectivity index (χ3n) is 2.60. The molecule has 0 aromatic rings. The van der Waals surface area contributed by atoms with Crippen LogP contribution in [0.1, 0.15) is 41.0 Å². The molecule has 0 aliphatic carbocycles. The van der Waals surface area contributed by atoms with Crippen LogP contribution in [-0.4, -0.2) is 52.6 Å². The summed E-state index contributed by atoms with van der Waals surface area (Å²) in [5.41, 5.74) is -0.376. The zero-order valence-electron chi connectivity index (χ0n) is 12.8. The van der Waals surface area contributed by atoms with Crippen LogP contribution in [0.3, 0.4) is 0 Å². The molecule has 0 aliphatic heterocycles. The van der Waals surface area contributed by atoms with E-state index in [2.05, 4.69) is 10.6 Å². The molecular formula is C13H25N3O4. The SMILES string of the molecule is CCC(C)N(CC(=O)O)C(=O)NCC(=O)NC(C)(C)C. The van der Waals surface area contributed by atoms with E-state index in [0.717, 1.165) is 0 Å². The van der Waals surface area contributed by atoms with Crippen LogP contribution >= 0.6 is 0 Å². The number of rotatable bonds is 6. The second-order valence-electron chi connectivity index (χ2n) is 5.74. The number of hydrogen-bond donors (Lipinski definition) is 3. The molecule has 0 spiro atoms. The van der Waals surface area contributed by atoms with Gasteiger partial charge in [0.15, 0.2) is 0 Å². The molecule has 7 nitrogen and oxygen atoms in total. The van der Waals surface area contributed by atoms with Crippen LogP contribution in [0.25, 0.3) is 0 Å². The highest BCUT2D eigenvalue weighted by Crippen LogP contribution is 2.03. The van der Waals surface area contributed by atoms with Crippen LogP contribution in [-0.2, 0) is 9.59 Å². The monoisotopic (exact) mass is 287 g/mol. The summed E-state index contributed by atoms with van der Waals surface area (Å²) < 4.78 is 0. The average molecular weight is 287 g/mol. The number of carbonyl (C=O) groups excluding carboxylic acids is 2. The molecule has 3 amide bonds. The Bertz CT molecular complexity index is 363. The molecule has 0 fully saturated rings. The molecule has 1 atom stereocenters. The highest BCUT2D eigenvalue weighted by molar-refractivity contribution is 5.86. The van der Waals surface area contributed by atoms with E-state index in [-0.39, 0.29) is 30.6 Å². The summed E-state index contributed by atoms with van der Waals surface area (Å²) in [6.07, 6.45) is 0.634. The Balaban J connectivity index is 4.47. The van der Waals surface area contributed by atoms with Crippen molar-refractivity contribution in [2.75, 3.05) is 13.1 Å². The lowest BCUT2D eigenvalue weighted by molar-refractivity contribution is -0.138. The predicted molar refractivity (Wildman–Crippen MR) is 75.4 cm³/mol. The van der Waals surface area contributed by atoms with Crippen molar-refractivity contribution < 1.29 is 19.5 Å². The Morgan fingerprint density at radius 1 is 1.25 bits per heavy atom. The quantitative estimate of drug-likeness (QED) is 0.672. The third-order valence-corrected chi connectivity index (χ3v) is 2.60. The maximum absolute atomic E-state index is 11.9. The van der Waals surface area contributed by atoms with Crippen molar-refractivity contribution in [1.29, 1.82) is 0 Å². The fraction of sp³-hybridized carbons (Fsp3) is 0.769. The number of carboxylic acid groups (broad SMARTS) is 1. The van der Waals surface area contributed by atoms with Crippen molar-refractivity contribution in [2.45, 2.75) is 52.6 Å². The molecule has 0 saturated carbocycles. The first-order valence-corrected chi connectivity index (χ1v) is 6.64. The summed E-state index contributed by atoms with van der Waals surface area (Å²) in [6, 6.07) is -0.761. The van der Waals surface area contributed by atoms with E-state index >= 15 is 0 Å². The maximum atomic E-state index is 11.9. The molecule has 3 N–H and O–H groups in total. The minimum absolute atomic E-state index is 0.178. The minimum atomic E-state index is -1.08. The standard InChI is InChI=1S/C13H25N3O4/c1-6-9(2)16(8-11(18)19)12(20)14-7-10(17)15-13(3,4)5/h9H,6-8H2,1-5H3,(H,14,20)(H,15,17)(H,18,19). The van der Waals surface area contributed by atoms with Crippen LogP contribution < -0.4 is 10.6 Å². The van der Waals surface area contributed by atoms with Crippen LogP contribution in [0.15, 0.2) is 0 Å². The molecule has 20 heavy (non-hydrogen) atoms. The smallest absolute Gasteiger partial charge is 0.323 e. The van der Waals surface area contributed by atoms with Crippen LogP contribution in [0.4, 0.5) is 4.79 Å². The molecule has 0 rings (SSSR count). The topological polar surface area (TPSA) is 98.7 Å². The van der Waals surface area contributed by atoms with Crippen molar-refractivity contribution in [2.24, 2.45) is 0 Å². The van der Waals surface area contributed by atoms with Gasteiger partial charge in [0, 0.05) is 11.6 Å². The van der Waals surface area contributed by atoms with Gasteiger partial charge in [-0.25, -0.2) is 4.79 Å². The van der Waals surface area contributed by atoms with E-state index in [0.29, 0.717) is 6.42 Å². The number of carboxylic acids is 1. The summed E-state index contributed by atoms with van der Waals surface area (Å²) >= 11 is 0. The van der Waals surface area contributed by atoms with E-state index in [1.807, 2.05) is 27.7 Å². The van der Waals surface area contributed by atoms with Crippen molar-refractivity contribution in [1.82, 2.24) is 15.5 Å². The van der Waals surface area contributed by atoms with Crippen molar-refractivity contribution in [3.63, 3.8) is 0 Å². The zero-order valence-corrected chi connectivity index (χ0v) is 12.8. The summed E-state index contributed by atoms with van der Waals surface area (Å²) in [4.78, 5) is 35.5. The molecule has 1 unspecified atom stereocenters. The van der Waals surface area contributed by atoms with Crippen molar-refractivity contribution in [3.05, 3.63) is 0 Å². The van der Waals surface area contributed by atoms with E-state index in [4.69, 9.17) is 5.11 Å². The van der Waals surface area contributed by atoms with Crippen LogP contribution in [0.2, 0.25) is 0 Å². The fourth-order valence-electron chi connectivity index (χ4n) is 1.51. The number of urea groups is 1. The molecule has 116 valence electrons. The first kappa shape index (κ1) is 18.2. The van der Waals surface area contributed by atoms with Gasteiger partial charge in [-0.1, -0.05) is 6.92 Å². The summed E-state index contributed by atoms with van der Waals surface area (Å²) in [7, 11) is 0.